The van der Waals surface area contributed by atoms with Crippen LogP contribution in [0.1, 0.15) is 23.0 Å². The summed E-state index contributed by atoms with van der Waals surface area (Å²) in [6.45, 7) is 2.42. The molecule has 0 saturated carbocycles. The SMILES string of the molecule is CCOc1ccc(-c2c(C(=O)N/N=C\c3ccccc3OC)nnn2-c2nonc2N)cc1. The van der Waals surface area contributed by atoms with E-state index in [-0.39, 0.29) is 17.3 Å². The summed E-state index contributed by atoms with van der Waals surface area (Å²) in [7, 11) is 1.55. The Morgan fingerprint density at radius 3 is 2.70 bits per heavy atom. The molecular formula is C21H20N8O4. The fourth-order valence-corrected chi connectivity index (χ4v) is 3.04. The van der Waals surface area contributed by atoms with Crippen LogP contribution in [0.4, 0.5) is 5.82 Å². The van der Waals surface area contributed by atoms with Crippen LogP contribution in [0.3, 0.4) is 0 Å². The maximum atomic E-state index is 12.9. The van der Waals surface area contributed by atoms with Crippen LogP contribution in [-0.2, 0) is 0 Å². The van der Waals surface area contributed by atoms with Crippen LogP contribution < -0.4 is 20.6 Å². The Morgan fingerprint density at radius 2 is 2.00 bits per heavy atom. The van der Waals surface area contributed by atoms with Crippen LogP contribution in [-0.4, -0.2) is 51.1 Å². The number of nitrogens with two attached hydrogens (primary N) is 1. The van der Waals surface area contributed by atoms with Gasteiger partial charge in [0.05, 0.1) is 19.9 Å². The van der Waals surface area contributed by atoms with Gasteiger partial charge in [-0.3, -0.25) is 4.79 Å². The van der Waals surface area contributed by atoms with Gasteiger partial charge in [-0.2, -0.15) is 9.78 Å². The minimum atomic E-state index is -0.591. The number of carbonyl (C=O) groups excluding carboxylic acids is 1. The van der Waals surface area contributed by atoms with Gasteiger partial charge in [0.1, 0.15) is 17.2 Å². The summed E-state index contributed by atoms with van der Waals surface area (Å²) < 4.78 is 16.7. The molecule has 33 heavy (non-hydrogen) atoms. The number of hydrogen-bond donors (Lipinski definition) is 2. The van der Waals surface area contributed by atoms with E-state index in [4.69, 9.17) is 15.2 Å². The molecule has 0 unspecified atom stereocenters. The topological polar surface area (TPSA) is 156 Å². The first-order valence-corrected chi connectivity index (χ1v) is 9.86. The number of nitrogens with zero attached hydrogens (tertiary/aromatic N) is 6. The summed E-state index contributed by atoms with van der Waals surface area (Å²) in [6.07, 6.45) is 1.47. The molecule has 0 aliphatic heterocycles. The van der Waals surface area contributed by atoms with Crippen LogP contribution in [0.25, 0.3) is 17.1 Å². The molecule has 2 heterocycles. The first-order chi connectivity index (χ1) is 16.1. The van der Waals surface area contributed by atoms with Gasteiger partial charge < -0.3 is 15.2 Å². The highest BCUT2D eigenvalue weighted by molar-refractivity contribution is 5.99. The van der Waals surface area contributed by atoms with Crippen LogP contribution in [0.15, 0.2) is 58.3 Å². The number of ether oxygens (including phenoxy) is 2. The van der Waals surface area contributed by atoms with Crippen molar-refractivity contribution in [3.63, 3.8) is 0 Å². The van der Waals surface area contributed by atoms with E-state index in [1.54, 1.807) is 43.5 Å². The predicted molar refractivity (Wildman–Crippen MR) is 118 cm³/mol. The van der Waals surface area contributed by atoms with E-state index in [1.165, 1.54) is 10.9 Å². The first-order valence-electron chi connectivity index (χ1n) is 9.86. The van der Waals surface area contributed by atoms with E-state index < -0.39 is 5.91 Å². The number of benzene rings is 2. The maximum absolute atomic E-state index is 12.9. The number of aromatic nitrogens is 5. The molecule has 168 valence electrons. The monoisotopic (exact) mass is 448 g/mol. The summed E-state index contributed by atoms with van der Waals surface area (Å²) in [5, 5.41) is 19.4. The van der Waals surface area contributed by atoms with Crippen LogP contribution in [0.2, 0.25) is 0 Å². The van der Waals surface area contributed by atoms with Gasteiger partial charge in [-0.15, -0.1) is 5.10 Å². The quantitative estimate of drug-likeness (QED) is 0.304. The summed E-state index contributed by atoms with van der Waals surface area (Å²) in [5.41, 5.74) is 9.92. The lowest BCUT2D eigenvalue weighted by atomic mass is 10.1. The molecule has 12 nitrogen and oxygen atoms in total. The average Bonchev–Trinajstić information content (AvgIpc) is 3.46. The van der Waals surface area contributed by atoms with E-state index in [2.05, 4.69) is 35.8 Å². The lowest BCUT2D eigenvalue weighted by molar-refractivity contribution is 0.0950. The number of amides is 1. The molecule has 1 amide bonds. The number of nitrogens with one attached hydrogen (secondary N) is 1. The van der Waals surface area contributed by atoms with Crippen molar-refractivity contribution in [2.24, 2.45) is 5.10 Å². The fraction of sp³-hybridized carbons (Fsp3) is 0.143. The Balaban J connectivity index is 1.67. The van der Waals surface area contributed by atoms with Crippen molar-refractivity contribution in [3.05, 3.63) is 59.8 Å². The zero-order chi connectivity index (χ0) is 23.2. The lowest BCUT2D eigenvalue weighted by Crippen LogP contribution is -2.19. The zero-order valence-corrected chi connectivity index (χ0v) is 17.8. The van der Waals surface area contributed by atoms with Crippen molar-refractivity contribution in [2.75, 3.05) is 19.5 Å². The maximum Gasteiger partial charge on any atom is 0.294 e. The van der Waals surface area contributed by atoms with E-state index in [9.17, 15) is 4.79 Å². The minimum Gasteiger partial charge on any atom is -0.496 e. The minimum absolute atomic E-state index is 0.00117. The van der Waals surface area contributed by atoms with Crippen molar-refractivity contribution in [1.82, 2.24) is 30.7 Å². The third-order valence-corrected chi connectivity index (χ3v) is 4.53. The highest BCUT2D eigenvalue weighted by Crippen LogP contribution is 2.28. The Bertz CT molecular complexity index is 1280. The second kappa shape index (κ2) is 9.60. The highest BCUT2D eigenvalue weighted by Gasteiger charge is 2.25. The van der Waals surface area contributed by atoms with E-state index in [0.717, 1.165) is 0 Å². The van der Waals surface area contributed by atoms with Gasteiger partial charge in [0.2, 0.25) is 11.6 Å². The predicted octanol–water partition coefficient (Wildman–Crippen LogP) is 2.07. The number of para-hydroxylation sites is 1. The van der Waals surface area contributed by atoms with Gasteiger partial charge in [-0.05, 0) is 53.6 Å². The summed E-state index contributed by atoms with van der Waals surface area (Å²) in [4.78, 5) is 12.9. The molecule has 12 heteroatoms. The van der Waals surface area contributed by atoms with Gasteiger partial charge in [0.15, 0.2) is 5.69 Å². The van der Waals surface area contributed by atoms with Gasteiger partial charge in [0, 0.05) is 11.1 Å². The van der Waals surface area contributed by atoms with Crippen molar-refractivity contribution in [2.45, 2.75) is 6.92 Å². The molecule has 4 rings (SSSR count). The smallest absolute Gasteiger partial charge is 0.294 e. The number of anilines is 1. The molecule has 4 aromatic rings. The highest BCUT2D eigenvalue weighted by atomic mass is 16.6. The summed E-state index contributed by atoms with van der Waals surface area (Å²) in [5.74, 6) is 0.795. The van der Waals surface area contributed by atoms with Crippen molar-refractivity contribution in [1.29, 1.82) is 0 Å². The van der Waals surface area contributed by atoms with Crippen LogP contribution >= 0.6 is 0 Å². The second-order valence-electron chi connectivity index (χ2n) is 6.57. The first kappa shape index (κ1) is 21.5. The molecule has 0 aliphatic rings. The molecule has 0 atom stereocenters. The van der Waals surface area contributed by atoms with Crippen molar-refractivity contribution in [3.8, 4) is 28.6 Å². The van der Waals surface area contributed by atoms with Gasteiger partial charge in [-0.25, -0.2) is 10.1 Å². The van der Waals surface area contributed by atoms with Crippen LogP contribution in [0, 0.1) is 0 Å². The molecule has 0 fully saturated rings. The number of rotatable bonds is 8. The number of methoxy groups -OCH3 is 1. The van der Waals surface area contributed by atoms with Crippen molar-refractivity contribution >= 4 is 17.9 Å². The second-order valence-corrected chi connectivity index (χ2v) is 6.57. The Morgan fingerprint density at radius 1 is 1.21 bits per heavy atom. The Hall–Kier alpha value is -4.74. The van der Waals surface area contributed by atoms with Crippen molar-refractivity contribution < 1.29 is 18.9 Å². The summed E-state index contributed by atoms with van der Waals surface area (Å²) in [6, 6.07) is 14.3. The Labute approximate surface area is 188 Å². The van der Waals surface area contributed by atoms with E-state index >= 15 is 0 Å². The van der Waals surface area contributed by atoms with Gasteiger partial charge in [-0.1, -0.05) is 17.3 Å². The van der Waals surface area contributed by atoms with Gasteiger partial charge in [0.25, 0.3) is 5.91 Å². The average molecular weight is 448 g/mol. The van der Waals surface area contributed by atoms with Gasteiger partial charge >= 0.3 is 0 Å². The summed E-state index contributed by atoms with van der Waals surface area (Å²) >= 11 is 0. The molecule has 0 spiro atoms. The number of nitrogen functional groups attached to an aromatic ring is 1. The fourth-order valence-electron chi connectivity index (χ4n) is 3.04. The third kappa shape index (κ3) is 4.49. The molecule has 3 N–H and O–H groups in total. The number of hydrazone groups is 1. The normalized spacial score (nSPS) is 11.0. The zero-order valence-electron chi connectivity index (χ0n) is 17.8. The number of hydrogen-bond acceptors (Lipinski definition) is 10. The Kier molecular flexibility index (Phi) is 6.25. The lowest BCUT2D eigenvalue weighted by Gasteiger charge is -2.08. The molecule has 0 saturated heterocycles. The van der Waals surface area contributed by atoms with E-state index in [1.807, 2.05) is 19.1 Å². The molecular weight excluding hydrogens is 428 g/mol. The molecule has 2 aromatic carbocycles. The standard InChI is InChI=1S/C21H20N8O4/c1-3-32-15-10-8-13(9-11-15)18-17(24-28-29(18)20-19(22)26-33-27-20)21(30)25-23-12-14-6-4-5-7-16(14)31-2/h4-12H,3H2,1-2H3,(H2,22,26)(H,25,30)/b23-12-. The molecule has 0 bridgehead atoms. The van der Waals surface area contributed by atoms with Crippen LogP contribution in [0.5, 0.6) is 11.5 Å². The number of carbonyl (C=O) groups is 1. The third-order valence-electron chi connectivity index (χ3n) is 4.53. The molecule has 2 aromatic heterocycles. The van der Waals surface area contributed by atoms with E-state index in [0.29, 0.717) is 34.9 Å². The molecule has 0 aliphatic carbocycles. The largest absolute Gasteiger partial charge is 0.496 e. The molecule has 0 radical (unpaired) electrons.